The highest BCUT2D eigenvalue weighted by Gasteiger charge is 2.13. The Labute approximate surface area is 184 Å². The highest BCUT2D eigenvalue weighted by molar-refractivity contribution is 7.09. The number of benzene rings is 2. The van der Waals surface area contributed by atoms with Crippen LogP contribution in [0.5, 0.6) is 0 Å². The number of carbonyl (C=O) groups excluding carboxylic acids is 1. The van der Waals surface area contributed by atoms with E-state index in [4.69, 9.17) is 5.26 Å². The number of hydrogen-bond acceptors (Lipinski definition) is 4. The van der Waals surface area contributed by atoms with Gasteiger partial charge < -0.3 is 9.88 Å². The number of aromatic nitrogens is 1. The summed E-state index contributed by atoms with van der Waals surface area (Å²) in [7, 11) is 0. The predicted molar refractivity (Wildman–Crippen MR) is 122 cm³/mol. The zero-order valence-electron chi connectivity index (χ0n) is 16.6. The molecule has 1 amide bonds. The summed E-state index contributed by atoms with van der Waals surface area (Å²) < 4.78 is 2.08. The lowest BCUT2D eigenvalue weighted by Crippen LogP contribution is -2.23. The van der Waals surface area contributed by atoms with Crippen molar-refractivity contribution in [1.29, 1.82) is 10.5 Å². The van der Waals surface area contributed by atoms with Crippen molar-refractivity contribution in [2.45, 2.75) is 13.1 Å². The maximum absolute atomic E-state index is 12.5. The highest BCUT2D eigenvalue weighted by Crippen LogP contribution is 2.25. The molecule has 0 radical (unpaired) electrons. The summed E-state index contributed by atoms with van der Waals surface area (Å²) in [6, 6.07) is 23.4. The van der Waals surface area contributed by atoms with E-state index in [-0.39, 0.29) is 11.5 Å². The van der Waals surface area contributed by atoms with Gasteiger partial charge in [-0.15, -0.1) is 11.3 Å². The van der Waals surface area contributed by atoms with Gasteiger partial charge in [0.15, 0.2) is 0 Å². The van der Waals surface area contributed by atoms with Crippen LogP contribution in [0.25, 0.3) is 17.0 Å². The number of nitrogens with zero attached hydrogens (tertiary/aromatic N) is 3. The molecule has 150 valence electrons. The average Bonchev–Trinajstić information content (AvgIpc) is 3.45. The van der Waals surface area contributed by atoms with Gasteiger partial charge in [-0.3, -0.25) is 4.79 Å². The molecular formula is C25H18N4OS. The van der Waals surface area contributed by atoms with Crippen molar-refractivity contribution in [2.75, 3.05) is 0 Å². The largest absolute Gasteiger partial charge is 0.347 e. The van der Waals surface area contributed by atoms with Gasteiger partial charge in [0.05, 0.1) is 18.2 Å². The monoisotopic (exact) mass is 422 g/mol. The number of fused-ring (bicyclic) bond motifs is 1. The van der Waals surface area contributed by atoms with Crippen molar-refractivity contribution in [2.24, 2.45) is 0 Å². The molecule has 4 aromatic rings. The molecule has 2 aromatic carbocycles. The number of amides is 1. The van der Waals surface area contributed by atoms with Crippen LogP contribution in [0.15, 0.2) is 77.8 Å². The Kier molecular flexibility index (Phi) is 5.93. The van der Waals surface area contributed by atoms with E-state index in [9.17, 15) is 10.1 Å². The van der Waals surface area contributed by atoms with Gasteiger partial charge in [0.1, 0.15) is 11.6 Å². The second-order valence-corrected chi connectivity index (χ2v) is 8.00. The van der Waals surface area contributed by atoms with Crippen LogP contribution in [0, 0.1) is 22.7 Å². The fourth-order valence-electron chi connectivity index (χ4n) is 3.38. The Morgan fingerprint density at radius 2 is 1.87 bits per heavy atom. The van der Waals surface area contributed by atoms with E-state index in [0.717, 1.165) is 26.9 Å². The molecule has 0 spiro atoms. The number of rotatable bonds is 6. The molecule has 0 fully saturated rings. The SMILES string of the molecule is N#CC(=Cc1cn(Cc2ccc(C#N)cc2)c2ccccc12)C(=O)NCc1cccs1. The van der Waals surface area contributed by atoms with Crippen molar-refractivity contribution in [3.8, 4) is 12.1 Å². The normalized spacial score (nSPS) is 11.1. The molecule has 0 aliphatic heterocycles. The van der Waals surface area contributed by atoms with Gasteiger partial charge in [-0.05, 0) is 41.3 Å². The van der Waals surface area contributed by atoms with E-state index in [2.05, 4.69) is 16.0 Å². The summed E-state index contributed by atoms with van der Waals surface area (Å²) >= 11 is 1.56. The molecule has 0 aliphatic carbocycles. The summed E-state index contributed by atoms with van der Waals surface area (Å²) in [6.07, 6.45) is 3.59. The van der Waals surface area contributed by atoms with E-state index >= 15 is 0 Å². The van der Waals surface area contributed by atoms with Gasteiger partial charge in [-0.2, -0.15) is 10.5 Å². The fraction of sp³-hybridized carbons (Fsp3) is 0.0800. The Balaban J connectivity index is 1.62. The molecule has 0 bridgehead atoms. The Bertz CT molecular complexity index is 1330. The maximum Gasteiger partial charge on any atom is 0.262 e. The van der Waals surface area contributed by atoms with E-state index in [1.54, 1.807) is 29.5 Å². The third-order valence-corrected chi connectivity index (χ3v) is 5.80. The van der Waals surface area contributed by atoms with Crippen LogP contribution in [-0.4, -0.2) is 10.5 Å². The number of para-hydroxylation sites is 1. The van der Waals surface area contributed by atoms with Crippen LogP contribution >= 0.6 is 11.3 Å². The minimum Gasteiger partial charge on any atom is -0.347 e. The number of hydrogen-bond donors (Lipinski definition) is 1. The lowest BCUT2D eigenvalue weighted by atomic mass is 10.1. The molecule has 2 heterocycles. The van der Waals surface area contributed by atoms with Gasteiger partial charge in [0.2, 0.25) is 0 Å². The van der Waals surface area contributed by atoms with E-state index in [1.807, 2.05) is 66.2 Å². The Morgan fingerprint density at radius 1 is 1.06 bits per heavy atom. The molecule has 6 heteroatoms. The number of nitrogens with one attached hydrogen (secondary N) is 1. The van der Waals surface area contributed by atoms with E-state index in [1.165, 1.54) is 0 Å². The highest BCUT2D eigenvalue weighted by atomic mass is 32.1. The second-order valence-electron chi connectivity index (χ2n) is 6.97. The first-order valence-electron chi connectivity index (χ1n) is 9.67. The van der Waals surface area contributed by atoms with Crippen LogP contribution in [0.2, 0.25) is 0 Å². The Hall–Kier alpha value is -4.13. The van der Waals surface area contributed by atoms with Crippen molar-refractivity contribution in [3.63, 3.8) is 0 Å². The number of thiophene rings is 1. The number of nitriles is 2. The first kappa shape index (κ1) is 20.2. The molecule has 1 N–H and O–H groups in total. The quantitative estimate of drug-likeness (QED) is 0.356. The maximum atomic E-state index is 12.5. The zero-order valence-corrected chi connectivity index (χ0v) is 17.4. The third-order valence-electron chi connectivity index (χ3n) is 4.92. The van der Waals surface area contributed by atoms with Gasteiger partial charge in [-0.25, -0.2) is 0 Å². The van der Waals surface area contributed by atoms with Crippen molar-refractivity contribution in [1.82, 2.24) is 9.88 Å². The predicted octanol–water partition coefficient (Wildman–Crippen LogP) is 4.85. The molecule has 0 unspecified atom stereocenters. The Morgan fingerprint density at radius 3 is 2.58 bits per heavy atom. The lowest BCUT2D eigenvalue weighted by Gasteiger charge is -2.05. The molecule has 0 aliphatic rings. The fourth-order valence-corrected chi connectivity index (χ4v) is 4.03. The minimum absolute atomic E-state index is 0.0674. The van der Waals surface area contributed by atoms with E-state index in [0.29, 0.717) is 18.7 Å². The lowest BCUT2D eigenvalue weighted by molar-refractivity contribution is -0.117. The van der Waals surface area contributed by atoms with Gasteiger partial charge in [-0.1, -0.05) is 36.4 Å². The molecule has 0 saturated carbocycles. The molecule has 5 nitrogen and oxygen atoms in total. The van der Waals surface area contributed by atoms with Gasteiger partial charge in [0, 0.05) is 34.1 Å². The summed E-state index contributed by atoms with van der Waals surface area (Å²) in [4.78, 5) is 13.6. The van der Waals surface area contributed by atoms with Crippen molar-refractivity contribution in [3.05, 3.63) is 99.4 Å². The average molecular weight is 423 g/mol. The third kappa shape index (κ3) is 4.56. The zero-order chi connectivity index (χ0) is 21.6. The molecule has 31 heavy (non-hydrogen) atoms. The minimum atomic E-state index is -0.389. The van der Waals surface area contributed by atoms with Crippen molar-refractivity contribution >= 4 is 34.2 Å². The van der Waals surface area contributed by atoms with Crippen LogP contribution in [0.1, 0.15) is 21.6 Å². The summed E-state index contributed by atoms with van der Waals surface area (Å²) in [5.74, 6) is -0.389. The summed E-state index contributed by atoms with van der Waals surface area (Å²) in [5.41, 5.74) is 3.57. The van der Waals surface area contributed by atoms with Crippen LogP contribution < -0.4 is 5.32 Å². The number of carbonyl (C=O) groups is 1. The first-order chi connectivity index (χ1) is 15.2. The molecule has 4 rings (SSSR count). The van der Waals surface area contributed by atoms with E-state index < -0.39 is 0 Å². The standard InChI is InChI=1S/C25H18N4OS/c26-13-18-7-9-19(10-8-18)16-29-17-21(23-5-1-2-6-24(23)29)12-20(14-27)25(30)28-15-22-4-3-11-31-22/h1-12,17H,15-16H2,(H,28,30). The first-order valence-corrected chi connectivity index (χ1v) is 10.5. The van der Waals surface area contributed by atoms with Gasteiger partial charge >= 0.3 is 0 Å². The molecule has 0 atom stereocenters. The molecular weight excluding hydrogens is 404 g/mol. The van der Waals surface area contributed by atoms with Crippen LogP contribution in [0.4, 0.5) is 0 Å². The van der Waals surface area contributed by atoms with Crippen LogP contribution in [0.3, 0.4) is 0 Å². The topological polar surface area (TPSA) is 81.6 Å². The van der Waals surface area contributed by atoms with Crippen molar-refractivity contribution < 1.29 is 4.79 Å². The van der Waals surface area contributed by atoms with Gasteiger partial charge in [0.25, 0.3) is 5.91 Å². The smallest absolute Gasteiger partial charge is 0.262 e. The summed E-state index contributed by atoms with van der Waals surface area (Å²) in [5, 5.41) is 24.3. The molecule has 2 aromatic heterocycles. The molecule has 0 saturated heterocycles. The second kappa shape index (κ2) is 9.13. The summed E-state index contributed by atoms with van der Waals surface area (Å²) in [6.45, 7) is 1.02. The van der Waals surface area contributed by atoms with Crippen LogP contribution in [-0.2, 0) is 17.9 Å².